The van der Waals surface area contributed by atoms with Crippen molar-refractivity contribution in [3.63, 3.8) is 0 Å². The van der Waals surface area contributed by atoms with Gasteiger partial charge in [0.25, 0.3) is 0 Å². The maximum atomic E-state index is 11.6. The van der Waals surface area contributed by atoms with Crippen molar-refractivity contribution in [2.75, 3.05) is 51.3 Å². The third-order valence-electron chi connectivity index (χ3n) is 5.91. The monoisotopic (exact) mass is 393 g/mol. The number of carbonyl (C=O) groups is 1. The molecule has 2 fully saturated rings. The highest BCUT2D eigenvalue weighted by atomic mass is 35.5. The molecule has 2 aliphatic rings. The van der Waals surface area contributed by atoms with E-state index in [-0.39, 0.29) is 12.5 Å². The van der Waals surface area contributed by atoms with E-state index in [9.17, 15) is 4.79 Å². The molecule has 0 radical (unpaired) electrons. The van der Waals surface area contributed by atoms with Crippen molar-refractivity contribution < 1.29 is 9.53 Å². The van der Waals surface area contributed by atoms with Crippen LogP contribution in [-0.2, 0) is 9.53 Å². The zero-order valence-corrected chi connectivity index (χ0v) is 17.1. The lowest BCUT2D eigenvalue weighted by Gasteiger charge is -2.37. The molecule has 1 aliphatic heterocycles. The van der Waals surface area contributed by atoms with Gasteiger partial charge >= 0.3 is 0 Å². The fourth-order valence-electron chi connectivity index (χ4n) is 4.28. The molecule has 1 aliphatic carbocycles. The Morgan fingerprint density at radius 1 is 1.15 bits per heavy atom. The minimum absolute atomic E-state index is 0.0114. The highest BCUT2D eigenvalue weighted by molar-refractivity contribution is 6.33. The molecule has 27 heavy (non-hydrogen) atoms. The first kappa shape index (κ1) is 20.4. The van der Waals surface area contributed by atoms with E-state index in [4.69, 9.17) is 16.3 Å². The van der Waals surface area contributed by atoms with E-state index in [1.54, 1.807) is 7.11 Å². The number of nitrogens with one attached hydrogen (secondary N) is 1. The lowest BCUT2D eigenvalue weighted by Crippen LogP contribution is -2.47. The van der Waals surface area contributed by atoms with Crippen LogP contribution in [-0.4, -0.2) is 63.3 Å². The third kappa shape index (κ3) is 6.09. The molecule has 5 nitrogen and oxygen atoms in total. The summed E-state index contributed by atoms with van der Waals surface area (Å²) in [6, 6.07) is 8.46. The Balaban J connectivity index is 1.33. The van der Waals surface area contributed by atoms with Crippen LogP contribution in [0.1, 0.15) is 32.1 Å². The molecule has 0 unspecified atom stereocenters. The summed E-state index contributed by atoms with van der Waals surface area (Å²) in [5.41, 5.74) is 1.16. The second-order valence-electron chi connectivity index (χ2n) is 7.79. The summed E-state index contributed by atoms with van der Waals surface area (Å²) in [6.45, 7) is 5.65. The number of hydrogen-bond acceptors (Lipinski definition) is 4. The molecule has 0 atom stereocenters. The Hall–Kier alpha value is -1.30. The molecule has 1 saturated carbocycles. The fraction of sp³-hybridized carbons (Fsp3) is 0.667. The number of halogens is 1. The number of methoxy groups -OCH3 is 1. The van der Waals surface area contributed by atoms with E-state index in [1.807, 2.05) is 12.1 Å². The number of piperazine rings is 1. The van der Waals surface area contributed by atoms with E-state index in [0.29, 0.717) is 6.04 Å². The molecule has 0 spiro atoms. The van der Waals surface area contributed by atoms with Crippen molar-refractivity contribution in [2.24, 2.45) is 5.92 Å². The van der Waals surface area contributed by atoms with Gasteiger partial charge in [0.1, 0.15) is 6.61 Å². The first-order valence-corrected chi connectivity index (χ1v) is 10.5. The largest absolute Gasteiger partial charge is 0.375 e. The van der Waals surface area contributed by atoms with Crippen LogP contribution >= 0.6 is 11.6 Å². The first-order chi connectivity index (χ1) is 13.2. The van der Waals surface area contributed by atoms with Crippen LogP contribution in [0.3, 0.4) is 0 Å². The van der Waals surface area contributed by atoms with Crippen LogP contribution in [0.2, 0.25) is 5.02 Å². The number of anilines is 1. The molecule has 1 aromatic carbocycles. The standard InChI is InChI=1S/C21H32ClN3O2/c1-27-16-21(26)23-18-8-6-17(7-9-18)10-11-24-12-14-25(15-13-24)20-5-3-2-4-19(20)22/h2-5,17-18H,6-16H2,1H3,(H,23,26)/t17-,18-. The molecule has 6 heteroatoms. The Bertz CT molecular complexity index is 597. The second kappa shape index (κ2) is 10.3. The summed E-state index contributed by atoms with van der Waals surface area (Å²) < 4.78 is 4.89. The lowest BCUT2D eigenvalue weighted by atomic mass is 9.84. The minimum atomic E-state index is 0.0114. The highest BCUT2D eigenvalue weighted by Gasteiger charge is 2.24. The first-order valence-electron chi connectivity index (χ1n) is 10.2. The average molecular weight is 394 g/mol. The molecular formula is C21H32ClN3O2. The summed E-state index contributed by atoms with van der Waals surface area (Å²) in [7, 11) is 1.56. The maximum absolute atomic E-state index is 11.6. The van der Waals surface area contributed by atoms with Gasteiger partial charge in [-0.1, -0.05) is 23.7 Å². The van der Waals surface area contributed by atoms with Crippen molar-refractivity contribution in [3.05, 3.63) is 29.3 Å². The molecule has 0 bridgehead atoms. The van der Waals surface area contributed by atoms with E-state index in [2.05, 4.69) is 27.2 Å². The Labute approximate surface area is 168 Å². The van der Waals surface area contributed by atoms with Gasteiger partial charge in [-0.3, -0.25) is 9.69 Å². The van der Waals surface area contributed by atoms with Crippen molar-refractivity contribution in [1.82, 2.24) is 10.2 Å². The maximum Gasteiger partial charge on any atom is 0.246 e. The lowest BCUT2D eigenvalue weighted by molar-refractivity contribution is -0.125. The van der Waals surface area contributed by atoms with Gasteiger partial charge in [0.15, 0.2) is 0 Å². The minimum Gasteiger partial charge on any atom is -0.375 e. The summed E-state index contributed by atoms with van der Waals surface area (Å²) in [6.07, 6.45) is 5.90. The zero-order chi connectivity index (χ0) is 19.1. The van der Waals surface area contributed by atoms with Crippen LogP contribution in [0.15, 0.2) is 24.3 Å². The van der Waals surface area contributed by atoms with Crippen molar-refractivity contribution in [3.8, 4) is 0 Å². The number of nitrogens with zero attached hydrogens (tertiary/aromatic N) is 2. The molecule has 1 aromatic rings. The Kier molecular flexibility index (Phi) is 7.80. The van der Waals surface area contributed by atoms with Gasteiger partial charge in [-0.15, -0.1) is 0 Å². The average Bonchev–Trinajstić information content (AvgIpc) is 2.68. The van der Waals surface area contributed by atoms with Crippen LogP contribution in [0.4, 0.5) is 5.69 Å². The van der Waals surface area contributed by atoms with E-state index in [1.165, 1.54) is 25.8 Å². The van der Waals surface area contributed by atoms with Crippen molar-refractivity contribution in [2.45, 2.75) is 38.1 Å². The third-order valence-corrected chi connectivity index (χ3v) is 6.23. The molecule has 1 N–H and O–H groups in total. The van der Waals surface area contributed by atoms with Crippen LogP contribution in [0, 0.1) is 5.92 Å². The summed E-state index contributed by atoms with van der Waals surface area (Å²) in [5.74, 6) is 0.805. The predicted octanol–water partition coefficient (Wildman–Crippen LogP) is 3.17. The van der Waals surface area contributed by atoms with Crippen LogP contribution in [0.5, 0.6) is 0 Å². The Morgan fingerprint density at radius 3 is 2.52 bits per heavy atom. The SMILES string of the molecule is COCC(=O)N[C@H]1CC[C@H](CCN2CCN(c3ccccc3Cl)CC2)CC1. The molecule has 3 rings (SSSR count). The van der Waals surface area contributed by atoms with Crippen LogP contribution in [0.25, 0.3) is 0 Å². The normalized spacial score (nSPS) is 24.0. The number of carbonyl (C=O) groups excluding carboxylic acids is 1. The zero-order valence-electron chi connectivity index (χ0n) is 16.3. The number of rotatable bonds is 7. The number of hydrogen-bond donors (Lipinski definition) is 1. The molecule has 0 aromatic heterocycles. The number of para-hydroxylation sites is 1. The topological polar surface area (TPSA) is 44.8 Å². The van der Waals surface area contributed by atoms with E-state index >= 15 is 0 Å². The number of ether oxygens (including phenoxy) is 1. The van der Waals surface area contributed by atoms with Gasteiger partial charge in [-0.2, -0.15) is 0 Å². The van der Waals surface area contributed by atoms with Crippen molar-refractivity contribution >= 4 is 23.2 Å². The summed E-state index contributed by atoms with van der Waals surface area (Å²) >= 11 is 6.33. The smallest absolute Gasteiger partial charge is 0.246 e. The van der Waals surface area contributed by atoms with E-state index in [0.717, 1.165) is 55.6 Å². The molecular weight excluding hydrogens is 362 g/mol. The van der Waals surface area contributed by atoms with Gasteiger partial charge in [0.05, 0.1) is 10.7 Å². The van der Waals surface area contributed by atoms with E-state index < -0.39 is 0 Å². The quantitative estimate of drug-likeness (QED) is 0.772. The molecule has 150 valence electrons. The van der Waals surface area contributed by atoms with Crippen molar-refractivity contribution in [1.29, 1.82) is 0 Å². The Morgan fingerprint density at radius 2 is 1.85 bits per heavy atom. The molecule has 1 saturated heterocycles. The highest BCUT2D eigenvalue weighted by Crippen LogP contribution is 2.28. The molecule has 1 heterocycles. The fourth-order valence-corrected chi connectivity index (χ4v) is 4.54. The van der Waals surface area contributed by atoms with Gasteiger partial charge in [0.2, 0.25) is 5.91 Å². The number of benzene rings is 1. The van der Waals surface area contributed by atoms with Crippen LogP contribution < -0.4 is 10.2 Å². The van der Waals surface area contributed by atoms with Gasteiger partial charge in [0, 0.05) is 39.3 Å². The van der Waals surface area contributed by atoms with Gasteiger partial charge in [-0.05, 0) is 56.7 Å². The van der Waals surface area contributed by atoms with Gasteiger partial charge in [-0.25, -0.2) is 0 Å². The number of amides is 1. The predicted molar refractivity (Wildman–Crippen MR) is 110 cm³/mol. The molecule has 1 amide bonds. The van der Waals surface area contributed by atoms with Gasteiger partial charge < -0.3 is 15.0 Å². The summed E-state index contributed by atoms with van der Waals surface area (Å²) in [5, 5.41) is 3.93. The summed E-state index contributed by atoms with van der Waals surface area (Å²) in [4.78, 5) is 16.6. The second-order valence-corrected chi connectivity index (χ2v) is 8.19.